The number of rotatable bonds is 4. The summed E-state index contributed by atoms with van der Waals surface area (Å²) in [5.74, 6) is 1.03. The van der Waals surface area contributed by atoms with Crippen LogP contribution in [0.5, 0.6) is 0 Å². The first-order chi connectivity index (χ1) is 9.67. The van der Waals surface area contributed by atoms with Gasteiger partial charge >= 0.3 is 0 Å². The third-order valence-corrected chi connectivity index (χ3v) is 3.56. The van der Waals surface area contributed by atoms with E-state index in [1.807, 2.05) is 18.0 Å². The van der Waals surface area contributed by atoms with Gasteiger partial charge in [0.1, 0.15) is 11.9 Å². The van der Waals surface area contributed by atoms with Crippen LogP contribution in [0.4, 0.5) is 10.2 Å². The summed E-state index contributed by atoms with van der Waals surface area (Å²) in [6.45, 7) is 0.587. The van der Waals surface area contributed by atoms with Crippen LogP contribution in [0.15, 0.2) is 24.3 Å². The largest absolute Gasteiger partial charge is 0.354 e. The zero-order chi connectivity index (χ0) is 14.1. The van der Waals surface area contributed by atoms with Crippen molar-refractivity contribution in [1.82, 2.24) is 10.2 Å². The highest BCUT2D eigenvalue weighted by Gasteiger charge is 2.25. The SMILES string of the molecule is CN(Cc1ccc(F)c(C#N)c1)c1cc(C2CC2)[nH]n1. The lowest BCUT2D eigenvalue weighted by molar-refractivity contribution is 0.623. The molecule has 0 aliphatic heterocycles. The van der Waals surface area contributed by atoms with Crippen LogP contribution in [-0.2, 0) is 6.54 Å². The summed E-state index contributed by atoms with van der Waals surface area (Å²) in [5, 5.41) is 16.2. The molecule has 1 aliphatic rings. The van der Waals surface area contributed by atoms with E-state index >= 15 is 0 Å². The van der Waals surface area contributed by atoms with Crippen LogP contribution in [0, 0.1) is 17.1 Å². The molecule has 0 atom stereocenters. The molecule has 0 radical (unpaired) electrons. The Morgan fingerprint density at radius 1 is 1.45 bits per heavy atom. The van der Waals surface area contributed by atoms with E-state index in [2.05, 4.69) is 16.3 Å². The van der Waals surface area contributed by atoms with Crippen LogP contribution in [0.25, 0.3) is 0 Å². The number of aromatic amines is 1. The smallest absolute Gasteiger partial charge is 0.150 e. The molecule has 3 rings (SSSR count). The fourth-order valence-electron chi connectivity index (χ4n) is 2.24. The number of nitrogens with zero attached hydrogens (tertiary/aromatic N) is 3. The van der Waals surface area contributed by atoms with Crippen molar-refractivity contribution in [2.45, 2.75) is 25.3 Å². The Bertz CT molecular complexity index is 667. The second-order valence-corrected chi connectivity index (χ2v) is 5.24. The first-order valence-corrected chi connectivity index (χ1v) is 6.62. The molecule has 1 aromatic carbocycles. The third kappa shape index (κ3) is 2.50. The van der Waals surface area contributed by atoms with E-state index < -0.39 is 5.82 Å². The molecule has 1 fully saturated rings. The quantitative estimate of drug-likeness (QED) is 0.929. The molecule has 0 unspecified atom stereocenters. The maximum Gasteiger partial charge on any atom is 0.150 e. The Balaban J connectivity index is 1.74. The molecule has 1 saturated carbocycles. The highest BCUT2D eigenvalue weighted by molar-refractivity contribution is 5.42. The highest BCUT2D eigenvalue weighted by Crippen LogP contribution is 2.39. The Hall–Kier alpha value is -2.35. The normalized spacial score (nSPS) is 14.1. The van der Waals surface area contributed by atoms with Crippen molar-refractivity contribution in [3.8, 4) is 6.07 Å². The number of H-pyrrole nitrogens is 1. The van der Waals surface area contributed by atoms with Crippen LogP contribution in [-0.4, -0.2) is 17.2 Å². The van der Waals surface area contributed by atoms with Crippen LogP contribution in [0.1, 0.15) is 35.6 Å². The number of nitrogens with one attached hydrogen (secondary N) is 1. The van der Waals surface area contributed by atoms with Gasteiger partial charge in [0.05, 0.1) is 5.56 Å². The summed E-state index contributed by atoms with van der Waals surface area (Å²) in [4.78, 5) is 1.98. The molecule has 0 amide bonds. The molecule has 1 N–H and O–H groups in total. The predicted octanol–water partition coefficient (Wildman–Crippen LogP) is 2.93. The lowest BCUT2D eigenvalue weighted by atomic mass is 10.1. The van der Waals surface area contributed by atoms with Gasteiger partial charge in [-0.15, -0.1) is 0 Å². The minimum absolute atomic E-state index is 0.0802. The first kappa shape index (κ1) is 12.7. The van der Waals surface area contributed by atoms with Gasteiger partial charge in [-0.3, -0.25) is 5.10 Å². The Morgan fingerprint density at radius 3 is 2.95 bits per heavy atom. The maximum absolute atomic E-state index is 13.3. The van der Waals surface area contributed by atoms with Gasteiger partial charge in [0, 0.05) is 31.3 Å². The fourth-order valence-corrected chi connectivity index (χ4v) is 2.24. The van der Waals surface area contributed by atoms with Crippen molar-refractivity contribution in [3.63, 3.8) is 0 Å². The molecule has 2 aromatic rings. The summed E-state index contributed by atoms with van der Waals surface area (Å²) in [7, 11) is 1.93. The molecule has 1 aliphatic carbocycles. The number of aromatic nitrogens is 2. The van der Waals surface area contributed by atoms with E-state index in [-0.39, 0.29) is 5.56 Å². The second-order valence-electron chi connectivity index (χ2n) is 5.24. The Labute approximate surface area is 116 Å². The van der Waals surface area contributed by atoms with Gasteiger partial charge in [-0.1, -0.05) is 6.07 Å². The van der Waals surface area contributed by atoms with Crippen molar-refractivity contribution in [1.29, 1.82) is 5.26 Å². The van der Waals surface area contributed by atoms with Gasteiger partial charge < -0.3 is 4.90 Å². The maximum atomic E-state index is 13.3. The average molecular weight is 270 g/mol. The van der Waals surface area contributed by atoms with Crippen LogP contribution < -0.4 is 4.90 Å². The third-order valence-electron chi connectivity index (χ3n) is 3.56. The molecule has 0 bridgehead atoms. The molecule has 1 heterocycles. The van der Waals surface area contributed by atoms with Gasteiger partial charge in [0.25, 0.3) is 0 Å². The molecule has 0 spiro atoms. The van der Waals surface area contributed by atoms with E-state index in [0.717, 1.165) is 11.4 Å². The minimum Gasteiger partial charge on any atom is -0.354 e. The minimum atomic E-state index is -0.477. The molecular formula is C15H15FN4. The van der Waals surface area contributed by atoms with Crippen molar-refractivity contribution < 1.29 is 4.39 Å². The van der Waals surface area contributed by atoms with Crippen molar-refractivity contribution >= 4 is 5.82 Å². The monoisotopic (exact) mass is 270 g/mol. The van der Waals surface area contributed by atoms with Crippen molar-refractivity contribution in [2.24, 2.45) is 0 Å². The number of anilines is 1. The van der Waals surface area contributed by atoms with Crippen LogP contribution in [0.2, 0.25) is 0 Å². The highest BCUT2D eigenvalue weighted by atomic mass is 19.1. The average Bonchev–Trinajstić information content (AvgIpc) is 3.18. The number of benzene rings is 1. The molecule has 102 valence electrons. The van der Waals surface area contributed by atoms with Gasteiger partial charge in [-0.05, 0) is 30.5 Å². The number of hydrogen-bond donors (Lipinski definition) is 1. The van der Waals surface area contributed by atoms with Gasteiger partial charge in [0.15, 0.2) is 5.82 Å². The Morgan fingerprint density at radius 2 is 2.25 bits per heavy atom. The predicted molar refractivity (Wildman–Crippen MR) is 73.8 cm³/mol. The number of nitriles is 1. The summed E-state index contributed by atoms with van der Waals surface area (Å²) in [6.07, 6.45) is 2.46. The second kappa shape index (κ2) is 4.97. The van der Waals surface area contributed by atoms with E-state index in [9.17, 15) is 4.39 Å². The van der Waals surface area contributed by atoms with Gasteiger partial charge in [-0.25, -0.2) is 4.39 Å². The molecular weight excluding hydrogens is 255 g/mol. The molecule has 4 nitrogen and oxygen atoms in total. The zero-order valence-electron chi connectivity index (χ0n) is 11.2. The van der Waals surface area contributed by atoms with Crippen LogP contribution in [0.3, 0.4) is 0 Å². The molecule has 20 heavy (non-hydrogen) atoms. The molecule has 0 saturated heterocycles. The molecule has 5 heteroatoms. The summed E-state index contributed by atoms with van der Waals surface area (Å²) in [6, 6.07) is 8.54. The standard InChI is InChI=1S/C15H15FN4/c1-20(15-7-14(18-19-15)11-3-4-11)9-10-2-5-13(16)12(6-10)8-17/h2,5-7,11H,3-4,9H2,1H3,(H,18,19). The lowest BCUT2D eigenvalue weighted by Gasteiger charge is -2.16. The van der Waals surface area contributed by atoms with Gasteiger partial charge in [0.2, 0.25) is 0 Å². The van der Waals surface area contributed by atoms with Gasteiger partial charge in [-0.2, -0.15) is 10.4 Å². The zero-order valence-corrected chi connectivity index (χ0v) is 11.2. The number of hydrogen-bond acceptors (Lipinski definition) is 3. The van der Waals surface area contributed by atoms with E-state index in [0.29, 0.717) is 12.5 Å². The molecule has 1 aromatic heterocycles. The van der Waals surface area contributed by atoms with Crippen molar-refractivity contribution in [2.75, 3.05) is 11.9 Å². The summed E-state index contributed by atoms with van der Waals surface area (Å²) >= 11 is 0. The summed E-state index contributed by atoms with van der Waals surface area (Å²) in [5.41, 5.74) is 2.15. The fraction of sp³-hybridized carbons (Fsp3) is 0.333. The van der Waals surface area contributed by atoms with E-state index in [1.165, 1.54) is 24.6 Å². The summed E-state index contributed by atoms with van der Waals surface area (Å²) < 4.78 is 13.3. The van der Waals surface area contributed by atoms with Crippen molar-refractivity contribution in [3.05, 3.63) is 46.9 Å². The van der Waals surface area contributed by atoms with E-state index in [1.54, 1.807) is 12.1 Å². The lowest BCUT2D eigenvalue weighted by Crippen LogP contribution is -2.16. The topological polar surface area (TPSA) is 55.7 Å². The first-order valence-electron chi connectivity index (χ1n) is 6.62. The van der Waals surface area contributed by atoms with E-state index in [4.69, 9.17) is 5.26 Å². The van der Waals surface area contributed by atoms with Crippen LogP contribution >= 0.6 is 0 Å². The Kier molecular flexibility index (Phi) is 3.15. The number of halogens is 1.